The fourth-order valence-electron chi connectivity index (χ4n) is 2.24. The normalized spacial score (nSPS) is 11.1. The number of benzene rings is 1. The Hall–Kier alpha value is -2.59. The van der Waals surface area contributed by atoms with Crippen molar-refractivity contribution >= 4 is 23.2 Å². The largest absolute Gasteiger partial charge is 0.485 e. The third-order valence-electron chi connectivity index (χ3n) is 3.53. The number of ketones is 1. The molecular formula is C20H18O3S. The topological polar surface area (TPSA) is 39.4 Å². The number of carbonyl (C=O) groups excluding carboxylic acids is 1. The Morgan fingerprint density at radius 3 is 2.71 bits per heavy atom. The molecule has 0 aliphatic heterocycles. The second-order valence-corrected chi connectivity index (χ2v) is 6.75. The number of para-hydroxylation sites is 1. The number of ether oxygens (including phenoxy) is 1. The van der Waals surface area contributed by atoms with Crippen LogP contribution in [0, 0.1) is 13.8 Å². The fraction of sp³-hybridized carbons (Fsp3) is 0.150. The molecule has 24 heavy (non-hydrogen) atoms. The van der Waals surface area contributed by atoms with Gasteiger partial charge in [0, 0.05) is 4.88 Å². The molecule has 0 saturated heterocycles. The molecule has 0 spiro atoms. The Morgan fingerprint density at radius 2 is 1.96 bits per heavy atom. The summed E-state index contributed by atoms with van der Waals surface area (Å²) in [6.45, 7) is 4.35. The third-order valence-corrected chi connectivity index (χ3v) is 4.54. The summed E-state index contributed by atoms with van der Waals surface area (Å²) in [6, 6.07) is 15.3. The molecule has 0 radical (unpaired) electrons. The van der Waals surface area contributed by atoms with E-state index in [9.17, 15) is 4.79 Å². The van der Waals surface area contributed by atoms with Gasteiger partial charge in [0.2, 0.25) is 0 Å². The van der Waals surface area contributed by atoms with Crippen LogP contribution in [0.5, 0.6) is 5.75 Å². The van der Waals surface area contributed by atoms with Crippen LogP contribution in [0.1, 0.15) is 31.6 Å². The van der Waals surface area contributed by atoms with Gasteiger partial charge in [-0.05, 0) is 61.9 Å². The van der Waals surface area contributed by atoms with Gasteiger partial charge >= 0.3 is 0 Å². The maximum Gasteiger partial charge on any atom is 0.195 e. The maximum atomic E-state index is 12.0. The summed E-state index contributed by atoms with van der Waals surface area (Å²) in [5.74, 6) is 2.19. The van der Waals surface area contributed by atoms with Gasteiger partial charge in [-0.2, -0.15) is 0 Å². The van der Waals surface area contributed by atoms with E-state index in [1.807, 2.05) is 62.4 Å². The second-order valence-electron chi connectivity index (χ2n) is 5.47. The molecule has 0 saturated carbocycles. The Balaban J connectivity index is 1.60. The summed E-state index contributed by atoms with van der Waals surface area (Å²) in [6.07, 6.45) is 3.23. The highest BCUT2D eigenvalue weighted by atomic mass is 32.1. The van der Waals surface area contributed by atoms with Crippen LogP contribution in [0.25, 0.3) is 6.08 Å². The second kappa shape index (κ2) is 7.32. The number of hydrogen-bond donors (Lipinski definition) is 0. The zero-order valence-electron chi connectivity index (χ0n) is 13.6. The van der Waals surface area contributed by atoms with Crippen LogP contribution in [0.3, 0.4) is 0 Å². The minimum atomic E-state index is -0.0118. The quantitative estimate of drug-likeness (QED) is 0.444. The lowest BCUT2D eigenvalue weighted by Gasteiger charge is -2.06. The zero-order chi connectivity index (χ0) is 16.9. The van der Waals surface area contributed by atoms with E-state index in [2.05, 4.69) is 0 Å². The van der Waals surface area contributed by atoms with Gasteiger partial charge in [-0.3, -0.25) is 4.79 Å². The molecular weight excluding hydrogens is 320 g/mol. The van der Waals surface area contributed by atoms with Crippen molar-refractivity contribution < 1.29 is 13.9 Å². The van der Waals surface area contributed by atoms with E-state index in [0.29, 0.717) is 12.4 Å². The van der Waals surface area contributed by atoms with E-state index in [4.69, 9.17) is 9.15 Å². The molecule has 3 nitrogen and oxygen atoms in total. The lowest BCUT2D eigenvalue weighted by molar-refractivity contribution is 0.105. The molecule has 2 heterocycles. The van der Waals surface area contributed by atoms with Crippen molar-refractivity contribution in [3.8, 4) is 5.75 Å². The first kappa shape index (κ1) is 16.3. The van der Waals surface area contributed by atoms with E-state index < -0.39 is 0 Å². The minimum Gasteiger partial charge on any atom is -0.485 e. The van der Waals surface area contributed by atoms with Crippen molar-refractivity contribution in [2.45, 2.75) is 20.5 Å². The molecule has 0 aliphatic carbocycles. The van der Waals surface area contributed by atoms with Crippen LogP contribution >= 0.6 is 11.3 Å². The van der Waals surface area contributed by atoms with E-state index >= 15 is 0 Å². The van der Waals surface area contributed by atoms with Crippen LogP contribution in [0.4, 0.5) is 0 Å². The standard InChI is InChI=1S/C20H18O3S/c1-14-5-3-4-6-19(14)22-13-17-9-8-16(23-17)10-11-18(21)20-12-7-15(2)24-20/h3-12H,13H2,1-2H3/b11-10+. The van der Waals surface area contributed by atoms with Crippen LogP contribution in [0.15, 0.2) is 59.0 Å². The van der Waals surface area contributed by atoms with Crippen LogP contribution in [0.2, 0.25) is 0 Å². The third kappa shape index (κ3) is 4.03. The molecule has 122 valence electrons. The molecule has 0 bridgehead atoms. The van der Waals surface area contributed by atoms with E-state index in [-0.39, 0.29) is 5.78 Å². The summed E-state index contributed by atoms with van der Waals surface area (Å²) >= 11 is 1.49. The zero-order valence-corrected chi connectivity index (χ0v) is 14.4. The van der Waals surface area contributed by atoms with Crippen molar-refractivity contribution in [2.24, 2.45) is 0 Å². The molecule has 0 amide bonds. The van der Waals surface area contributed by atoms with Crippen molar-refractivity contribution in [2.75, 3.05) is 0 Å². The molecule has 3 rings (SSSR count). The number of furan rings is 1. The van der Waals surface area contributed by atoms with Gasteiger partial charge < -0.3 is 9.15 Å². The number of thiophene rings is 1. The van der Waals surface area contributed by atoms with E-state index in [0.717, 1.165) is 26.8 Å². The molecule has 0 N–H and O–H groups in total. The highest BCUT2D eigenvalue weighted by Crippen LogP contribution is 2.20. The van der Waals surface area contributed by atoms with Crippen molar-refractivity contribution in [1.29, 1.82) is 0 Å². The maximum absolute atomic E-state index is 12.0. The highest BCUT2D eigenvalue weighted by Gasteiger charge is 2.06. The van der Waals surface area contributed by atoms with Gasteiger partial charge in [0.1, 0.15) is 23.9 Å². The van der Waals surface area contributed by atoms with Gasteiger partial charge in [-0.15, -0.1) is 11.3 Å². The molecule has 0 atom stereocenters. The summed E-state index contributed by atoms with van der Waals surface area (Å²) < 4.78 is 11.4. The average molecular weight is 338 g/mol. The molecule has 0 fully saturated rings. The predicted molar refractivity (Wildman–Crippen MR) is 96.6 cm³/mol. The first-order valence-corrected chi connectivity index (χ1v) is 8.49. The molecule has 0 unspecified atom stereocenters. The minimum absolute atomic E-state index is 0.0118. The monoisotopic (exact) mass is 338 g/mol. The summed E-state index contributed by atoms with van der Waals surface area (Å²) in [5, 5.41) is 0. The van der Waals surface area contributed by atoms with Gasteiger partial charge in [-0.25, -0.2) is 0 Å². The van der Waals surface area contributed by atoms with Gasteiger partial charge in [-0.1, -0.05) is 18.2 Å². The predicted octanol–water partition coefficient (Wildman–Crippen LogP) is 5.43. The van der Waals surface area contributed by atoms with E-state index in [1.165, 1.54) is 17.4 Å². The molecule has 3 aromatic rings. The lowest BCUT2D eigenvalue weighted by atomic mass is 10.2. The highest BCUT2D eigenvalue weighted by molar-refractivity contribution is 7.14. The summed E-state index contributed by atoms with van der Waals surface area (Å²) in [4.78, 5) is 13.9. The Labute approximate surface area is 145 Å². The van der Waals surface area contributed by atoms with Crippen LogP contribution < -0.4 is 4.74 Å². The van der Waals surface area contributed by atoms with E-state index in [1.54, 1.807) is 6.08 Å². The molecule has 2 aromatic heterocycles. The molecule has 1 aromatic carbocycles. The number of allylic oxidation sites excluding steroid dienone is 1. The van der Waals surface area contributed by atoms with Crippen LogP contribution in [-0.4, -0.2) is 5.78 Å². The average Bonchev–Trinajstić information content (AvgIpc) is 3.21. The summed E-state index contributed by atoms with van der Waals surface area (Å²) in [7, 11) is 0. The number of rotatable bonds is 6. The van der Waals surface area contributed by atoms with Gasteiger partial charge in [0.05, 0.1) is 4.88 Å². The molecule has 4 heteroatoms. The first-order chi connectivity index (χ1) is 11.6. The van der Waals surface area contributed by atoms with Crippen molar-refractivity contribution in [3.05, 3.63) is 81.4 Å². The fourth-order valence-corrected chi connectivity index (χ4v) is 3.02. The van der Waals surface area contributed by atoms with Gasteiger partial charge in [0.25, 0.3) is 0 Å². The SMILES string of the molecule is Cc1ccc(C(=O)/C=C/c2ccc(COc3ccccc3C)o2)s1. The summed E-state index contributed by atoms with van der Waals surface area (Å²) in [5.41, 5.74) is 1.08. The molecule has 0 aliphatic rings. The first-order valence-electron chi connectivity index (χ1n) is 7.68. The number of aryl methyl sites for hydroxylation is 2. The number of hydrogen-bond acceptors (Lipinski definition) is 4. The number of carbonyl (C=O) groups is 1. The Kier molecular flexibility index (Phi) is 4.96. The van der Waals surface area contributed by atoms with Crippen LogP contribution in [-0.2, 0) is 6.61 Å². The van der Waals surface area contributed by atoms with Gasteiger partial charge in [0.15, 0.2) is 5.78 Å². The Morgan fingerprint density at radius 1 is 1.12 bits per heavy atom. The lowest BCUT2D eigenvalue weighted by Crippen LogP contribution is -1.95. The Bertz CT molecular complexity index is 870. The van der Waals surface area contributed by atoms with Crippen molar-refractivity contribution in [1.82, 2.24) is 0 Å². The smallest absolute Gasteiger partial charge is 0.195 e. The van der Waals surface area contributed by atoms with Crippen molar-refractivity contribution in [3.63, 3.8) is 0 Å².